The normalized spacial score (nSPS) is 25.0. The Morgan fingerprint density at radius 2 is 1.75 bits per heavy atom. The van der Waals surface area contributed by atoms with Crippen molar-refractivity contribution in [1.82, 2.24) is 19.4 Å². The first-order valence-electron chi connectivity index (χ1n) is 15.1. The minimum Gasteiger partial charge on any atom is -0.395 e. The molecule has 214 valence electrons. The number of aromatic nitrogens is 2. The molecular weight excluding hydrogens is 503 g/mol. The molecule has 0 radical (unpaired) electrons. The summed E-state index contributed by atoms with van der Waals surface area (Å²) in [5.74, 6) is 0.917. The van der Waals surface area contributed by atoms with Gasteiger partial charge in [0.15, 0.2) is 0 Å². The summed E-state index contributed by atoms with van der Waals surface area (Å²) in [7, 11) is 0. The van der Waals surface area contributed by atoms with Gasteiger partial charge in [-0.3, -0.25) is 9.69 Å². The number of piperidine rings is 2. The standard InChI is InChI=1S/C33H43FN4O2/c1-23-35-29-9-4-5-10-30(29)38(23)28-20-26-11-12-27(21-28)37(26)18-15-33(24-7-6-8-25(34)19-24)13-16-36(17-14-33)31(40)32(2,3)22-39/h4-10,19,26-28,39H,11-18,20-22H2,1-3H3/t26-,27+,28?. The van der Waals surface area contributed by atoms with Crippen LogP contribution in [0.4, 0.5) is 4.39 Å². The van der Waals surface area contributed by atoms with Crippen LogP contribution >= 0.6 is 0 Å². The van der Waals surface area contributed by atoms with Crippen molar-refractivity contribution in [3.63, 3.8) is 0 Å². The van der Waals surface area contributed by atoms with Gasteiger partial charge in [-0.2, -0.15) is 0 Å². The number of fused-ring (bicyclic) bond motifs is 3. The lowest BCUT2D eigenvalue weighted by Gasteiger charge is -2.46. The molecule has 3 atom stereocenters. The summed E-state index contributed by atoms with van der Waals surface area (Å²) in [5.41, 5.74) is 2.45. The molecule has 3 aromatic rings. The Morgan fingerprint density at radius 3 is 2.42 bits per heavy atom. The van der Waals surface area contributed by atoms with Crippen molar-refractivity contribution >= 4 is 16.9 Å². The van der Waals surface area contributed by atoms with Crippen LogP contribution < -0.4 is 0 Å². The summed E-state index contributed by atoms with van der Waals surface area (Å²) in [6, 6.07) is 17.2. The molecule has 0 saturated carbocycles. The van der Waals surface area contributed by atoms with Crippen LogP contribution in [0.3, 0.4) is 0 Å². The second kappa shape index (κ2) is 10.6. The molecule has 3 aliphatic heterocycles. The molecule has 0 spiro atoms. The number of hydrogen-bond donors (Lipinski definition) is 1. The van der Waals surface area contributed by atoms with Crippen molar-refractivity contribution in [2.24, 2.45) is 5.41 Å². The maximum Gasteiger partial charge on any atom is 0.230 e. The first-order valence-corrected chi connectivity index (χ1v) is 15.1. The van der Waals surface area contributed by atoms with Gasteiger partial charge in [0.25, 0.3) is 0 Å². The second-order valence-corrected chi connectivity index (χ2v) is 13.1. The largest absolute Gasteiger partial charge is 0.395 e. The Bertz CT molecular complexity index is 1360. The lowest BCUT2D eigenvalue weighted by Crippen LogP contribution is -2.51. The smallest absolute Gasteiger partial charge is 0.230 e. The summed E-state index contributed by atoms with van der Waals surface area (Å²) in [4.78, 5) is 22.6. The highest BCUT2D eigenvalue weighted by atomic mass is 19.1. The molecule has 6 nitrogen and oxygen atoms in total. The fourth-order valence-corrected chi connectivity index (χ4v) is 7.93. The predicted molar refractivity (Wildman–Crippen MR) is 156 cm³/mol. The van der Waals surface area contributed by atoms with E-state index in [1.807, 2.05) is 11.0 Å². The molecule has 2 aromatic carbocycles. The quantitative estimate of drug-likeness (QED) is 0.418. The molecule has 6 rings (SSSR count). The fraction of sp³-hybridized carbons (Fsp3) is 0.576. The van der Waals surface area contributed by atoms with Crippen LogP contribution in [-0.2, 0) is 10.2 Å². The van der Waals surface area contributed by atoms with E-state index < -0.39 is 5.41 Å². The van der Waals surface area contributed by atoms with Gasteiger partial charge < -0.3 is 14.6 Å². The third-order valence-electron chi connectivity index (χ3n) is 10.3. The molecule has 1 unspecified atom stereocenters. The van der Waals surface area contributed by atoms with E-state index in [0.717, 1.165) is 55.6 Å². The van der Waals surface area contributed by atoms with Gasteiger partial charge in [0, 0.05) is 31.2 Å². The number of halogens is 1. The van der Waals surface area contributed by atoms with Crippen molar-refractivity contribution in [2.45, 2.75) is 89.3 Å². The van der Waals surface area contributed by atoms with E-state index in [2.05, 4.69) is 46.7 Å². The SMILES string of the molecule is Cc1nc2ccccc2n1C1C[C@H]2CC[C@@H](C1)N2CCC1(c2cccc(F)c2)CCN(C(=O)C(C)(C)CO)CC1. The van der Waals surface area contributed by atoms with Gasteiger partial charge in [-0.1, -0.05) is 24.3 Å². The topological polar surface area (TPSA) is 61.6 Å². The van der Waals surface area contributed by atoms with E-state index in [-0.39, 0.29) is 23.7 Å². The Balaban J connectivity index is 1.19. The Hall–Kier alpha value is -2.77. The zero-order valence-electron chi connectivity index (χ0n) is 24.2. The fourth-order valence-electron chi connectivity index (χ4n) is 7.93. The highest BCUT2D eigenvalue weighted by Gasteiger charge is 2.45. The molecule has 1 amide bonds. The van der Waals surface area contributed by atoms with E-state index in [4.69, 9.17) is 4.98 Å². The van der Waals surface area contributed by atoms with E-state index in [9.17, 15) is 14.3 Å². The molecular formula is C33H43FN4O2. The van der Waals surface area contributed by atoms with Crippen molar-refractivity contribution < 1.29 is 14.3 Å². The molecule has 3 fully saturated rings. The molecule has 3 saturated heterocycles. The predicted octanol–water partition coefficient (Wildman–Crippen LogP) is 5.62. The number of rotatable bonds is 7. The van der Waals surface area contributed by atoms with Crippen LogP contribution in [0.5, 0.6) is 0 Å². The number of likely N-dealkylation sites (tertiary alicyclic amines) is 1. The first-order chi connectivity index (χ1) is 19.2. The lowest BCUT2D eigenvalue weighted by molar-refractivity contribution is -0.144. The minimum absolute atomic E-state index is 0.00489. The van der Waals surface area contributed by atoms with Crippen LogP contribution in [0.15, 0.2) is 48.5 Å². The summed E-state index contributed by atoms with van der Waals surface area (Å²) < 4.78 is 16.9. The average molecular weight is 547 g/mol. The van der Waals surface area contributed by atoms with Gasteiger partial charge in [0.05, 0.1) is 23.1 Å². The third kappa shape index (κ3) is 4.85. The van der Waals surface area contributed by atoms with Gasteiger partial charge in [0.2, 0.25) is 5.91 Å². The Morgan fingerprint density at radius 1 is 1.05 bits per heavy atom. The van der Waals surface area contributed by atoms with Crippen LogP contribution in [-0.4, -0.2) is 68.7 Å². The Kier molecular flexibility index (Phi) is 7.24. The number of amides is 1. The second-order valence-electron chi connectivity index (χ2n) is 13.1. The number of imidazole rings is 1. The number of nitrogens with zero attached hydrogens (tertiary/aromatic N) is 4. The number of aryl methyl sites for hydroxylation is 1. The van der Waals surface area contributed by atoms with Crippen molar-refractivity contribution in [3.8, 4) is 0 Å². The van der Waals surface area contributed by atoms with Gasteiger partial charge >= 0.3 is 0 Å². The van der Waals surface area contributed by atoms with Crippen LogP contribution in [0.2, 0.25) is 0 Å². The molecule has 4 heterocycles. The molecule has 2 bridgehead atoms. The number of aliphatic hydroxyl groups excluding tert-OH is 1. The third-order valence-corrected chi connectivity index (χ3v) is 10.3. The Labute approximate surface area is 237 Å². The minimum atomic E-state index is -0.776. The highest BCUT2D eigenvalue weighted by Crippen LogP contribution is 2.45. The molecule has 3 aliphatic rings. The number of hydrogen-bond acceptors (Lipinski definition) is 4. The van der Waals surface area contributed by atoms with E-state index in [1.54, 1.807) is 19.9 Å². The van der Waals surface area contributed by atoms with Gasteiger partial charge in [-0.25, -0.2) is 9.37 Å². The summed E-state index contributed by atoms with van der Waals surface area (Å²) in [5, 5.41) is 9.74. The molecule has 40 heavy (non-hydrogen) atoms. The van der Waals surface area contributed by atoms with E-state index in [0.29, 0.717) is 31.2 Å². The molecule has 1 aromatic heterocycles. The van der Waals surface area contributed by atoms with Crippen molar-refractivity contribution in [3.05, 3.63) is 65.7 Å². The number of para-hydroxylation sites is 2. The van der Waals surface area contributed by atoms with E-state index >= 15 is 0 Å². The number of carbonyl (C=O) groups is 1. The van der Waals surface area contributed by atoms with Crippen molar-refractivity contribution in [1.29, 1.82) is 0 Å². The summed E-state index contributed by atoms with van der Waals surface area (Å²) >= 11 is 0. The molecule has 0 aliphatic carbocycles. The lowest BCUT2D eigenvalue weighted by atomic mass is 9.70. The van der Waals surface area contributed by atoms with E-state index in [1.165, 1.54) is 24.4 Å². The first kappa shape index (κ1) is 27.4. The zero-order chi connectivity index (χ0) is 28.1. The van der Waals surface area contributed by atoms with Crippen molar-refractivity contribution in [2.75, 3.05) is 26.2 Å². The average Bonchev–Trinajstić information content (AvgIpc) is 3.42. The molecule has 7 heteroatoms. The van der Waals surface area contributed by atoms with Gasteiger partial charge in [0.1, 0.15) is 11.6 Å². The van der Waals surface area contributed by atoms with Crippen LogP contribution in [0.1, 0.15) is 76.2 Å². The summed E-state index contributed by atoms with van der Waals surface area (Å²) in [6.07, 6.45) is 7.35. The zero-order valence-corrected chi connectivity index (χ0v) is 24.2. The summed E-state index contributed by atoms with van der Waals surface area (Å²) in [6.45, 7) is 7.86. The van der Waals surface area contributed by atoms with Crippen LogP contribution in [0, 0.1) is 18.2 Å². The van der Waals surface area contributed by atoms with Gasteiger partial charge in [-0.15, -0.1) is 0 Å². The monoisotopic (exact) mass is 546 g/mol. The number of aliphatic hydroxyl groups is 1. The van der Waals surface area contributed by atoms with Crippen LogP contribution in [0.25, 0.3) is 11.0 Å². The van der Waals surface area contributed by atoms with Gasteiger partial charge in [-0.05, 0) is 108 Å². The highest BCUT2D eigenvalue weighted by molar-refractivity contribution is 5.82. The maximum absolute atomic E-state index is 14.4. The number of carbonyl (C=O) groups excluding carboxylic acids is 1. The molecule has 1 N–H and O–H groups in total. The maximum atomic E-state index is 14.4. The number of benzene rings is 2.